The van der Waals surface area contributed by atoms with E-state index in [1.165, 1.54) is 12.0 Å². The van der Waals surface area contributed by atoms with E-state index in [4.69, 9.17) is 16.3 Å². The van der Waals surface area contributed by atoms with Gasteiger partial charge in [-0.15, -0.1) is 0 Å². The van der Waals surface area contributed by atoms with E-state index in [2.05, 4.69) is 17.1 Å². The van der Waals surface area contributed by atoms with E-state index in [-0.39, 0.29) is 5.41 Å². The summed E-state index contributed by atoms with van der Waals surface area (Å²) in [6, 6.07) is 8.01. The highest BCUT2D eigenvalue weighted by Crippen LogP contribution is 2.45. The van der Waals surface area contributed by atoms with Crippen LogP contribution in [0.1, 0.15) is 24.8 Å². The predicted octanol–water partition coefficient (Wildman–Crippen LogP) is 3.44. The van der Waals surface area contributed by atoms with Crippen molar-refractivity contribution in [2.45, 2.75) is 24.7 Å². The summed E-state index contributed by atoms with van der Waals surface area (Å²) in [5, 5.41) is 0.769. The molecule has 0 heterocycles. The van der Waals surface area contributed by atoms with E-state index < -0.39 is 0 Å². The second-order valence-electron chi connectivity index (χ2n) is 4.18. The predicted molar refractivity (Wildman–Crippen MR) is 67.3 cm³/mol. The number of nitrogens with zero attached hydrogens (tertiary/aromatic N) is 1. The average Bonchev–Trinajstić information content (AvgIpc) is 2.25. The molecule has 1 aliphatic rings. The second kappa shape index (κ2) is 4.46. The quantitative estimate of drug-likeness (QED) is 0.571. The SMILES string of the molecule is C/N=C(/OC)C1(c2ccc(Cl)cc2)CCC1. The molecule has 0 radical (unpaired) electrons. The Morgan fingerprint density at radius 3 is 2.31 bits per heavy atom. The van der Waals surface area contributed by atoms with Crippen molar-refractivity contribution in [1.82, 2.24) is 0 Å². The molecule has 1 aromatic rings. The molecule has 1 aliphatic carbocycles. The highest BCUT2D eigenvalue weighted by Gasteiger charge is 2.44. The number of methoxy groups -OCH3 is 1. The smallest absolute Gasteiger partial charge is 0.193 e. The van der Waals surface area contributed by atoms with Gasteiger partial charge in [0.1, 0.15) is 0 Å². The van der Waals surface area contributed by atoms with Crippen LogP contribution in [0.5, 0.6) is 0 Å². The van der Waals surface area contributed by atoms with Gasteiger partial charge in [-0.1, -0.05) is 30.2 Å². The molecule has 2 rings (SSSR count). The maximum atomic E-state index is 5.91. The van der Waals surface area contributed by atoms with Crippen molar-refractivity contribution < 1.29 is 4.74 Å². The van der Waals surface area contributed by atoms with Gasteiger partial charge in [0.2, 0.25) is 0 Å². The maximum Gasteiger partial charge on any atom is 0.193 e. The fourth-order valence-electron chi connectivity index (χ4n) is 2.43. The van der Waals surface area contributed by atoms with Crippen LogP contribution in [-0.4, -0.2) is 20.1 Å². The first kappa shape index (κ1) is 11.5. The van der Waals surface area contributed by atoms with E-state index in [9.17, 15) is 0 Å². The molecule has 0 atom stereocenters. The number of hydrogen-bond donors (Lipinski definition) is 0. The van der Waals surface area contributed by atoms with Gasteiger partial charge in [0.05, 0.1) is 12.5 Å². The topological polar surface area (TPSA) is 21.6 Å². The highest BCUT2D eigenvalue weighted by atomic mass is 35.5. The average molecular weight is 238 g/mol. The monoisotopic (exact) mass is 237 g/mol. The summed E-state index contributed by atoms with van der Waals surface area (Å²) in [6.45, 7) is 0. The molecule has 0 aromatic heterocycles. The van der Waals surface area contributed by atoms with Crippen molar-refractivity contribution in [3.8, 4) is 0 Å². The summed E-state index contributed by atoms with van der Waals surface area (Å²) >= 11 is 5.91. The Labute approximate surface area is 101 Å². The van der Waals surface area contributed by atoms with Gasteiger partial charge in [-0.05, 0) is 30.5 Å². The van der Waals surface area contributed by atoms with Crippen molar-refractivity contribution >= 4 is 17.5 Å². The molecule has 0 N–H and O–H groups in total. The fourth-order valence-corrected chi connectivity index (χ4v) is 2.55. The molecule has 2 nitrogen and oxygen atoms in total. The number of aliphatic imine (C=N–C) groups is 1. The lowest BCUT2D eigenvalue weighted by molar-refractivity contribution is 0.261. The zero-order valence-corrected chi connectivity index (χ0v) is 10.4. The summed E-state index contributed by atoms with van der Waals surface area (Å²) in [6.07, 6.45) is 3.44. The molecule has 16 heavy (non-hydrogen) atoms. The molecular formula is C13H16ClNO. The van der Waals surface area contributed by atoms with Gasteiger partial charge in [-0.3, -0.25) is 4.99 Å². The van der Waals surface area contributed by atoms with Crippen LogP contribution in [0, 0.1) is 0 Å². The summed E-state index contributed by atoms with van der Waals surface area (Å²) in [5.41, 5.74) is 1.25. The Balaban J connectivity index is 2.38. The van der Waals surface area contributed by atoms with Crippen LogP contribution < -0.4 is 0 Å². The molecule has 0 saturated heterocycles. The molecule has 86 valence electrons. The normalized spacial score (nSPS) is 19.1. The maximum absolute atomic E-state index is 5.91. The molecule has 0 bridgehead atoms. The van der Waals surface area contributed by atoms with Gasteiger partial charge in [-0.2, -0.15) is 0 Å². The lowest BCUT2D eigenvalue weighted by Gasteiger charge is -2.41. The highest BCUT2D eigenvalue weighted by molar-refractivity contribution is 6.30. The summed E-state index contributed by atoms with van der Waals surface area (Å²) in [4.78, 5) is 4.26. The Bertz CT molecular complexity index is 393. The summed E-state index contributed by atoms with van der Waals surface area (Å²) < 4.78 is 5.41. The van der Waals surface area contributed by atoms with Crippen molar-refractivity contribution in [3.05, 3.63) is 34.9 Å². The lowest BCUT2D eigenvalue weighted by atomic mass is 9.64. The third-order valence-electron chi connectivity index (χ3n) is 3.41. The number of ether oxygens (including phenoxy) is 1. The fraction of sp³-hybridized carbons (Fsp3) is 0.462. The van der Waals surface area contributed by atoms with Gasteiger partial charge >= 0.3 is 0 Å². The van der Waals surface area contributed by atoms with Crippen LogP contribution in [0.4, 0.5) is 0 Å². The zero-order valence-electron chi connectivity index (χ0n) is 9.66. The molecular weight excluding hydrogens is 222 g/mol. The summed E-state index contributed by atoms with van der Waals surface area (Å²) in [7, 11) is 3.48. The van der Waals surface area contributed by atoms with Crippen molar-refractivity contribution in [2.75, 3.05) is 14.2 Å². The van der Waals surface area contributed by atoms with Crippen molar-refractivity contribution in [2.24, 2.45) is 4.99 Å². The first-order chi connectivity index (χ1) is 7.73. The minimum atomic E-state index is -0.00586. The molecule has 0 amide bonds. The van der Waals surface area contributed by atoms with E-state index >= 15 is 0 Å². The molecule has 3 heteroatoms. The molecule has 0 spiro atoms. The van der Waals surface area contributed by atoms with Crippen LogP contribution in [0.15, 0.2) is 29.3 Å². The van der Waals surface area contributed by atoms with Gasteiger partial charge in [-0.25, -0.2) is 0 Å². The molecule has 0 unspecified atom stereocenters. The van der Waals surface area contributed by atoms with Crippen LogP contribution >= 0.6 is 11.6 Å². The number of hydrogen-bond acceptors (Lipinski definition) is 2. The Morgan fingerprint density at radius 2 is 1.94 bits per heavy atom. The Morgan fingerprint density at radius 1 is 1.31 bits per heavy atom. The van der Waals surface area contributed by atoms with E-state index in [0.29, 0.717) is 0 Å². The van der Waals surface area contributed by atoms with Gasteiger partial charge in [0.15, 0.2) is 5.90 Å². The standard InChI is InChI=1S/C13H16ClNO/c1-15-12(16-2)13(8-3-9-13)10-4-6-11(14)7-5-10/h4-7H,3,8-9H2,1-2H3/b15-12+. The van der Waals surface area contributed by atoms with Gasteiger partial charge in [0, 0.05) is 12.1 Å². The largest absolute Gasteiger partial charge is 0.484 e. The molecule has 1 aromatic carbocycles. The van der Waals surface area contributed by atoms with Crippen LogP contribution in [0.2, 0.25) is 5.02 Å². The van der Waals surface area contributed by atoms with Crippen LogP contribution in [0.25, 0.3) is 0 Å². The third-order valence-corrected chi connectivity index (χ3v) is 3.66. The number of halogens is 1. The molecule has 0 aliphatic heterocycles. The number of rotatable bonds is 2. The summed E-state index contributed by atoms with van der Waals surface area (Å²) in [5.74, 6) is 0.834. The Hall–Kier alpha value is -1.02. The zero-order chi connectivity index (χ0) is 11.6. The first-order valence-corrected chi connectivity index (χ1v) is 5.88. The molecule has 1 fully saturated rings. The third kappa shape index (κ3) is 1.71. The van der Waals surface area contributed by atoms with Crippen LogP contribution in [-0.2, 0) is 10.2 Å². The van der Waals surface area contributed by atoms with Crippen molar-refractivity contribution in [3.63, 3.8) is 0 Å². The van der Waals surface area contributed by atoms with Crippen molar-refractivity contribution in [1.29, 1.82) is 0 Å². The van der Waals surface area contributed by atoms with E-state index in [1.807, 2.05) is 12.1 Å². The lowest BCUT2D eigenvalue weighted by Crippen LogP contribution is -2.43. The van der Waals surface area contributed by atoms with E-state index in [0.717, 1.165) is 23.8 Å². The van der Waals surface area contributed by atoms with E-state index in [1.54, 1.807) is 14.2 Å². The van der Waals surface area contributed by atoms with Gasteiger partial charge < -0.3 is 4.74 Å². The van der Waals surface area contributed by atoms with Gasteiger partial charge in [0.25, 0.3) is 0 Å². The molecule has 1 saturated carbocycles. The second-order valence-corrected chi connectivity index (χ2v) is 4.61. The minimum absolute atomic E-state index is 0.00586. The Kier molecular flexibility index (Phi) is 3.20. The van der Waals surface area contributed by atoms with Crippen LogP contribution in [0.3, 0.4) is 0 Å². The minimum Gasteiger partial charge on any atom is -0.484 e. The number of benzene rings is 1. The first-order valence-electron chi connectivity index (χ1n) is 5.50.